The molecule has 32 heavy (non-hydrogen) atoms. The van der Waals surface area contributed by atoms with E-state index in [9.17, 15) is 14.0 Å². The van der Waals surface area contributed by atoms with Crippen LogP contribution < -0.4 is 5.32 Å². The van der Waals surface area contributed by atoms with E-state index in [4.69, 9.17) is 0 Å². The third kappa shape index (κ3) is 5.73. The second kappa shape index (κ2) is 10.3. The number of nitrogens with one attached hydrogen (secondary N) is 1. The van der Waals surface area contributed by atoms with E-state index in [0.717, 1.165) is 56.7 Å². The maximum Gasteiger partial charge on any atom is 0.255 e. The molecule has 2 aliphatic rings. The highest BCUT2D eigenvalue weighted by atomic mass is 19.1. The van der Waals surface area contributed by atoms with Gasteiger partial charge >= 0.3 is 0 Å². The zero-order valence-electron chi connectivity index (χ0n) is 18.7. The van der Waals surface area contributed by atoms with Gasteiger partial charge in [0.1, 0.15) is 5.82 Å². The summed E-state index contributed by atoms with van der Waals surface area (Å²) >= 11 is 0. The van der Waals surface area contributed by atoms with E-state index < -0.39 is 0 Å². The molecule has 0 atom stereocenters. The van der Waals surface area contributed by atoms with Crippen molar-refractivity contribution in [2.24, 2.45) is 13.0 Å². The Hall–Kier alpha value is -2.74. The van der Waals surface area contributed by atoms with Gasteiger partial charge in [0, 0.05) is 32.9 Å². The van der Waals surface area contributed by atoms with Crippen molar-refractivity contribution in [3.63, 3.8) is 0 Å². The van der Waals surface area contributed by atoms with Gasteiger partial charge in [0.2, 0.25) is 5.91 Å². The number of rotatable bonds is 7. The molecule has 1 aromatic heterocycles. The van der Waals surface area contributed by atoms with Crippen molar-refractivity contribution in [1.82, 2.24) is 24.9 Å². The van der Waals surface area contributed by atoms with Gasteiger partial charge in [-0.3, -0.25) is 19.2 Å². The first-order valence-electron chi connectivity index (χ1n) is 11.5. The van der Waals surface area contributed by atoms with Crippen LogP contribution in [-0.2, 0) is 24.8 Å². The van der Waals surface area contributed by atoms with E-state index in [2.05, 4.69) is 15.3 Å². The van der Waals surface area contributed by atoms with Crippen LogP contribution in [0.15, 0.2) is 30.5 Å². The summed E-state index contributed by atoms with van der Waals surface area (Å²) in [5.74, 6) is 0.183. The summed E-state index contributed by atoms with van der Waals surface area (Å²) in [6.07, 6.45) is 6.73. The first-order valence-corrected chi connectivity index (χ1v) is 11.5. The largest absolute Gasteiger partial charge is 0.348 e. The lowest BCUT2D eigenvalue weighted by Gasteiger charge is -2.33. The van der Waals surface area contributed by atoms with Crippen LogP contribution in [0, 0.1) is 11.7 Å². The minimum Gasteiger partial charge on any atom is -0.348 e. The summed E-state index contributed by atoms with van der Waals surface area (Å²) in [4.78, 5) is 29.6. The average molecular weight is 442 g/mol. The molecule has 0 unspecified atom stereocenters. The molecule has 1 aromatic carbocycles. The predicted molar refractivity (Wildman–Crippen MR) is 119 cm³/mol. The Morgan fingerprint density at radius 2 is 1.78 bits per heavy atom. The first-order chi connectivity index (χ1) is 15.5. The summed E-state index contributed by atoms with van der Waals surface area (Å²) in [5.41, 5.74) is 2.23. The third-order valence-corrected chi connectivity index (χ3v) is 6.52. The van der Waals surface area contributed by atoms with Crippen LogP contribution in [0.5, 0.6) is 0 Å². The van der Waals surface area contributed by atoms with Crippen molar-refractivity contribution >= 4 is 11.8 Å². The van der Waals surface area contributed by atoms with Gasteiger partial charge in [-0.1, -0.05) is 12.1 Å². The Balaban J connectivity index is 1.28. The molecule has 2 fully saturated rings. The van der Waals surface area contributed by atoms with Gasteiger partial charge in [0.05, 0.1) is 17.8 Å². The molecule has 1 N–H and O–H groups in total. The maximum atomic E-state index is 13.1. The Kier molecular flexibility index (Phi) is 7.19. The Morgan fingerprint density at radius 1 is 1.09 bits per heavy atom. The van der Waals surface area contributed by atoms with Gasteiger partial charge in [-0.15, -0.1) is 0 Å². The molecule has 2 aliphatic heterocycles. The lowest BCUT2D eigenvalue weighted by atomic mass is 9.91. The zero-order chi connectivity index (χ0) is 22.5. The highest BCUT2D eigenvalue weighted by Gasteiger charge is 2.27. The SMILES string of the molecule is Cn1cc(C(=O)NCc2ccc(F)cc2)c(CC2CCN(C(=O)CN3CCCC3)CC2)n1. The van der Waals surface area contributed by atoms with E-state index in [1.165, 1.54) is 25.0 Å². The molecule has 8 heteroatoms. The molecular formula is C24H32FN5O2. The van der Waals surface area contributed by atoms with Gasteiger partial charge in [0.15, 0.2) is 0 Å². The number of hydrogen-bond acceptors (Lipinski definition) is 4. The van der Waals surface area contributed by atoms with Crippen molar-refractivity contribution in [1.29, 1.82) is 0 Å². The summed E-state index contributed by atoms with van der Waals surface area (Å²) < 4.78 is 14.7. The maximum absolute atomic E-state index is 13.1. The van der Waals surface area contributed by atoms with Gasteiger partial charge in [0.25, 0.3) is 5.91 Å². The zero-order valence-corrected chi connectivity index (χ0v) is 18.7. The molecule has 0 spiro atoms. The summed E-state index contributed by atoms with van der Waals surface area (Å²) in [6, 6.07) is 6.11. The molecule has 0 radical (unpaired) electrons. The third-order valence-electron chi connectivity index (χ3n) is 6.52. The molecule has 0 saturated carbocycles. The number of carbonyl (C=O) groups is 2. The number of hydrogen-bond donors (Lipinski definition) is 1. The van der Waals surface area contributed by atoms with Gasteiger partial charge in [-0.05, 0) is 68.8 Å². The number of carbonyl (C=O) groups excluding carboxylic acids is 2. The topological polar surface area (TPSA) is 70.5 Å². The highest BCUT2D eigenvalue weighted by molar-refractivity contribution is 5.95. The van der Waals surface area contributed by atoms with Crippen molar-refractivity contribution in [3.05, 3.63) is 53.1 Å². The molecule has 0 aliphatic carbocycles. The molecule has 172 valence electrons. The number of piperidine rings is 1. The van der Waals surface area contributed by atoms with Crippen molar-refractivity contribution in [2.75, 3.05) is 32.7 Å². The fraction of sp³-hybridized carbons (Fsp3) is 0.542. The normalized spacial score (nSPS) is 17.6. The molecule has 7 nitrogen and oxygen atoms in total. The van der Waals surface area contributed by atoms with E-state index in [1.54, 1.807) is 23.0 Å². The Bertz CT molecular complexity index is 928. The summed E-state index contributed by atoms with van der Waals surface area (Å²) in [6.45, 7) is 4.50. The van der Waals surface area contributed by atoms with Crippen molar-refractivity contribution in [3.8, 4) is 0 Å². The van der Waals surface area contributed by atoms with E-state index >= 15 is 0 Å². The molecular weight excluding hydrogens is 409 g/mol. The average Bonchev–Trinajstić information content (AvgIpc) is 3.43. The molecule has 0 bridgehead atoms. The van der Waals surface area contributed by atoms with Crippen LogP contribution in [0.4, 0.5) is 4.39 Å². The van der Waals surface area contributed by atoms with Crippen molar-refractivity contribution < 1.29 is 14.0 Å². The standard InChI is InChI=1S/C24H32FN5O2/c1-28-16-21(24(32)26-15-19-4-6-20(25)7-5-19)22(27-28)14-18-8-12-30(13-9-18)23(31)17-29-10-2-3-11-29/h4-7,16,18H,2-3,8-15,17H2,1H3,(H,26,32). The van der Waals surface area contributed by atoms with Crippen molar-refractivity contribution in [2.45, 2.75) is 38.6 Å². The minimum absolute atomic E-state index is 0.171. The second-order valence-corrected chi connectivity index (χ2v) is 8.98. The number of nitrogens with zero attached hydrogens (tertiary/aromatic N) is 4. The number of benzene rings is 1. The van der Waals surface area contributed by atoms with Crippen LogP contribution in [0.1, 0.15) is 47.3 Å². The quantitative estimate of drug-likeness (QED) is 0.716. The van der Waals surface area contributed by atoms with Crippen LogP contribution in [0.25, 0.3) is 0 Å². The summed E-state index contributed by atoms with van der Waals surface area (Å²) in [7, 11) is 1.82. The van der Waals surface area contributed by atoms with Gasteiger partial charge < -0.3 is 10.2 Å². The molecule has 2 saturated heterocycles. The van der Waals surface area contributed by atoms with E-state index in [-0.39, 0.29) is 17.6 Å². The minimum atomic E-state index is -0.293. The van der Waals surface area contributed by atoms with Crippen LogP contribution in [0.3, 0.4) is 0 Å². The number of halogens is 1. The fourth-order valence-corrected chi connectivity index (χ4v) is 4.65. The van der Waals surface area contributed by atoms with E-state index in [1.807, 2.05) is 11.9 Å². The highest BCUT2D eigenvalue weighted by Crippen LogP contribution is 2.23. The number of likely N-dealkylation sites (tertiary alicyclic amines) is 2. The summed E-state index contributed by atoms with van der Waals surface area (Å²) in [5, 5.41) is 7.44. The number of amides is 2. The van der Waals surface area contributed by atoms with Crippen LogP contribution >= 0.6 is 0 Å². The van der Waals surface area contributed by atoms with E-state index in [0.29, 0.717) is 24.6 Å². The van der Waals surface area contributed by atoms with Crippen LogP contribution in [0.2, 0.25) is 0 Å². The lowest BCUT2D eigenvalue weighted by Crippen LogP contribution is -2.43. The molecule has 2 aromatic rings. The molecule has 2 amide bonds. The molecule has 4 rings (SSSR count). The van der Waals surface area contributed by atoms with Gasteiger partial charge in [-0.2, -0.15) is 5.10 Å². The lowest BCUT2D eigenvalue weighted by molar-refractivity contribution is -0.133. The van der Waals surface area contributed by atoms with Crippen LogP contribution in [-0.4, -0.2) is 64.1 Å². The Morgan fingerprint density at radius 3 is 2.47 bits per heavy atom. The number of aryl methyl sites for hydroxylation is 1. The predicted octanol–water partition coefficient (Wildman–Crippen LogP) is 2.37. The molecule has 3 heterocycles. The Labute approximate surface area is 188 Å². The number of aromatic nitrogens is 2. The van der Waals surface area contributed by atoms with Gasteiger partial charge in [-0.25, -0.2) is 4.39 Å². The smallest absolute Gasteiger partial charge is 0.255 e. The monoisotopic (exact) mass is 441 g/mol. The fourth-order valence-electron chi connectivity index (χ4n) is 4.65. The second-order valence-electron chi connectivity index (χ2n) is 8.98. The first kappa shape index (κ1) is 22.5.